The van der Waals surface area contributed by atoms with Crippen molar-refractivity contribution in [3.63, 3.8) is 0 Å². The van der Waals surface area contributed by atoms with Crippen molar-refractivity contribution in [2.75, 3.05) is 6.54 Å². The van der Waals surface area contributed by atoms with Gasteiger partial charge in [-0.05, 0) is 56.6 Å². The summed E-state index contributed by atoms with van der Waals surface area (Å²) < 4.78 is 2.26. The monoisotopic (exact) mass is 214 g/mol. The summed E-state index contributed by atoms with van der Waals surface area (Å²) in [4.78, 5) is 0. The number of aromatic nitrogens is 1. The van der Waals surface area contributed by atoms with Crippen molar-refractivity contribution < 1.29 is 0 Å². The highest BCUT2D eigenvalue weighted by Gasteiger charge is 2.03. The maximum Gasteiger partial charge on any atom is 0.0455 e. The van der Waals surface area contributed by atoms with Crippen LogP contribution in [0.1, 0.15) is 17.0 Å². The van der Waals surface area contributed by atoms with Crippen molar-refractivity contribution in [2.24, 2.45) is 5.73 Å². The molecule has 2 heteroatoms. The molecule has 0 aliphatic rings. The second-order valence-corrected chi connectivity index (χ2v) is 4.16. The Bertz CT molecular complexity index is 446. The van der Waals surface area contributed by atoms with E-state index in [1.807, 2.05) is 0 Å². The van der Waals surface area contributed by atoms with Gasteiger partial charge in [0.15, 0.2) is 0 Å². The fourth-order valence-corrected chi connectivity index (χ4v) is 2.05. The van der Waals surface area contributed by atoms with Gasteiger partial charge in [-0.15, -0.1) is 0 Å². The van der Waals surface area contributed by atoms with Crippen LogP contribution in [0.2, 0.25) is 0 Å². The Morgan fingerprint density at radius 2 is 1.50 bits per heavy atom. The molecule has 0 spiro atoms. The lowest BCUT2D eigenvalue weighted by atomic mass is 10.1. The van der Waals surface area contributed by atoms with Gasteiger partial charge in [-0.25, -0.2) is 0 Å². The average molecular weight is 214 g/mol. The lowest BCUT2D eigenvalue weighted by molar-refractivity contribution is 0.948. The predicted octanol–water partition coefficient (Wildman–Crippen LogP) is 2.60. The Morgan fingerprint density at radius 1 is 0.938 bits per heavy atom. The normalized spacial score (nSPS) is 10.7. The summed E-state index contributed by atoms with van der Waals surface area (Å²) in [5.41, 5.74) is 10.6. The molecule has 0 fully saturated rings. The molecule has 0 saturated carbocycles. The van der Waals surface area contributed by atoms with Crippen LogP contribution in [0.5, 0.6) is 0 Å². The van der Waals surface area contributed by atoms with Crippen LogP contribution in [0.4, 0.5) is 0 Å². The van der Waals surface area contributed by atoms with E-state index in [-0.39, 0.29) is 0 Å². The van der Waals surface area contributed by atoms with E-state index in [0.29, 0.717) is 6.54 Å². The fraction of sp³-hybridized carbons (Fsp3) is 0.286. The van der Waals surface area contributed by atoms with Gasteiger partial charge in [0.25, 0.3) is 0 Å². The number of nitrogens with two attached hydrogens (primary N) is 1. The highest BCUT2D eigenvalue weighted by molar-refractivity contribution is 5.39. The van der Waals surface area contributed by atoms with Crippen LogP contribution in [-0.4, -0.2) is 11.1 Å². The van der Waals surface area contributed by atoms with E-state index in [1.54, 1.807) is 0 Å². The largest absolute Gasteiger partial charge is 0.330 e. The maximum absolute atomic E-state index is 5.54. The number of benzene rings is 1. The van der Waals surface area contributed by atoms with Gasteiger partial charge >= 0.3 is 0 Å². The highest BCUT2D eigenvalue weighted by atomic mass is 15.0. The third-order valence-corrected chi connectivity index (χ3v) is 2.90. The van der Waals surface area contributed by atoms with E-state index < -0.39 is 0 Å². The Labute approximate surface area is 96.7 Å². The topological polar surface area (TPSA) is 30.9 Å². The number of hydrogen-bond acceptors (Lipinski definition) is 1. The fourth-order valence-electron chi connectivity index (χ4n) is 2.05. The number of rotatable bonds is 3. The summed E-state index contributed by atoms with van der Waals surface area (Å²) in [5.74, 6) is 0. The molecule has 0 amide bonds. The first-order valence-electron chi connectivity index (χ1n) is 5.66. The van der Waals surface area contributed by atoms with Gasteiger partial charge in [-0.3, -0.25) is 0 Å². The Morgan fingerprint density at radius 3 is 2.00 bits per heavy atom. The minimum absolute atomic E-state index is 0.709. The van der Waals surface area contributed by atoms with Gasteiger partial charge in [0, 0.05) is 17.1 Å². The number of nitrogens with zero attached hydrogens (tertiary/aromatic N) is 1. The zero-order chi connectivity index (χ0) is 11.5. The molecule has 1 aromatic carbocycles. The molecule has 1 heterocycles. The van der Waals surface area contributed by atoms with E-state index >= 15 is 0 Å². The summed E-state index contributed by atoms with van der Waals surface area (Å²) in [7, 11) is 0. The molecular formula is C14H18N2. The third-order valence-electron chi connectivity index (χ3n) is 2.90. The SMILES string of the molecule is Cc1ccc(C)n1-c1ccc(CCN)cc1. The summed E-state index contributed by atoms with van der Waals surface area (Å²) in [6, 6.07) is 12.9. The van der Waals surface area contributed by atoms with Crippen molar-refractivity contribution in [3.05, 3.63) is 53.3 Å². The van der Waals surface area contributed by atoms with Gasteiger partial charge in [-0.2, -0.15) is 0 Å². The molecule has 0 radical (unpaired) electrons. The van der Waals surface area contributed by atoms with Crippen molar-refractivity contribution in [1.29, 1.82) is 0 Å². The van der Waals surface area contributed by atoms with E-state index in [2.05, 4.69) is 54.8 Å². The van der Waals surface area contributed by atoms with Crippen LogP contribution < -0.4 is 5.73 Å². The maximum atomic E-state index is 5.54. The van der Waals surface area contributed by atoms with Crippen LogP contribution in [0.3, 0.4) is 0 Å². The predicted molar refractivity (Wildman–Crippen MR) is 68.0 cm³/mol. The van der Waals surface area contributed by atoms with Crippen LogP contribution in [0, 0.1) is 13.8 Å². The Kier molecular flexibility index (Phi) is 3.11. The van der Waals surface area contributed by atoms with Gasteiger partial charge in [-0.1, -0.05) is 12.1 Å². The van der Waals surface area contributed by atoms with Crippen LogP contribution in [0.25, 0.3) is 5.69 Å². The Hall–Kier alpha value is -1.54. The molecule has 84 valence electrons. The van der Waals surface area contributed by atoms with Gasteiger partial charge in [0.05, 0.1) is 0 Å². The average Bonchev–Trinajstić information content (AvgIpc) is 2.61. The summed E-state index contributed by atoms with van der Waals surface area (Å²) in [6.45, 7) is 4.96. The van der Waals surface area contributed by atoms with Crippen LogP contribution >= 0.6 is 0 Å². The molecule has 16 heavy (non-hydrogen) atoms. The molecule has 0 aliphatic heterocycles. The lowest BCUT2D eigenvalue weighted by Gasteiger charge is -2.10. The quantitative estimate of drug-likeness (QED) is 0.836. The molecule has 2 nitrogen and oxygen atoms in total. The highest BCUT2D eigenvalue weighted by Crippen LogP contribution is 2.16. The first-order valence-corrected chi connectivity index (χ1v) is 5.66. The summed E-state index contributed by atoms with van der Waals surface area (Å²) in [6.07, 6.45) is 0.948. The summed E-state index contributed by atoms with van der Waals surface area (Å²) >= 11 is 0. The zero-order valence-corrected chi connectivity index (χ0v) is 9.90. The van der Waals surface area contributed by atoms with Crippen molar-refractivity contribution in [1.82, 2.24) is 4.57 Å². The Balaban J connectivity index is 2.35. The van der Waals surface area contributed by atoms with Crippen LogP contribution in [-0.2, 0) is 6.42 Å². The van der Waals surface area contributed by atoms with Crippen molar-refractivity contribution in [2.45, 2.75) is 20.3 Å². The molecule has 2 aromatic rings. The van der Waals surface area contributed by atoms with Gasteiger partial charge in [0.2, 0.25) is 0 Å². The van der Waals surface area contributed by atoms with E-state index in [4.69, 9.17) is 5.73 Å². The first kappa shape index (κ1) is 11.0. The molecule has 1 aromatic heterocycles. The first-order chi connectivity index (χ1) is 7.72. The smallest absolute Gasteiger partial charge is 0.0455 e. The van der Waals surface area contributed by atoms with Crippen molar-refractivity contribution >= 4 is 0 Å². The van der Waals surface area contributed by atoms with E-state index in [0.717, 1.165) is 6.42 Å². The number of hydrogen-bond donors (Lipinski definition) is 1. The van der Waals surface area contributed by atoms with Crippen LogP contribution in [0.15, 0.2) is 36.4 Å². The second-order valence-electron chi connectivity index (χ2n) is 4.16. The van der Waals surface area contributed by atoms with Crippen molar-refractivity contribution in [3.8, 4) is 5.69 Å². The minimum Gasteiger partial charge on any atom is -0.330 e. The molecular weight excluding hydrogens is 196 g/mol. The lowest BCUT2D eigenvalue weighted by Crippen LogP contribution is -2.03. The molecule has 0 unspecified atom stereocenters. The number of aryl methyl sites for hydroxylation is 2. The van der Waals surface area contributed by atoms with E-state index in [9.17, 15) is 0 Å². The zero-order valence-electron chi connectivity index (χ0n) is 9.90. The molecule has 2 rings (SSSR count). The molecule has 2 N–H and O–H groups in total. The molecule has 0 atom stereocenters. The molecule has 0 aliphatic carbocycles. The van der Waals surface area contributed by atoms with Gasteiger partial charge in [0.1, 0.15) is 0 Å². The standard InChI is InChI=1S/C14H18N2/c1-11-3-4-12(2)16(11)14-7-5-13(6-8-14)9-10-15/h3-8H,9-10,15H2,1-2H3. The summed E-state index contributed by atoms with van der Waals surface area (Å²) in [5, 5.41) is 0. The minimum atomic E-state index is 0.709. The van der Waals surface area contributed by atoms with E-state index in [1.165, 1.54) is 22.6 Å². The molecule has 0 saturated heterocycles. The van der Waals surface area contributed by atoms with Gasteiger partial charge < -0.3 is 10.3 Å². The molecule has 0 bridgehead atoms. The second kappa shape index (κ2) is 4.54. The third kappa shape index (κ3) is 2.02.